The highest BCUT2D eigenvalue weighted by Gasteiger charge is 2.36. The lowest BCUT2D eigenvalue weighted by molar-refractivity contribution is -0.147. The Morgan fingerprint density at radius 3 is 2.48 bits per heavy atom. The number of piperidine rings is 1. The van der Waals surface area contributed by atoms with Crippen LogP contribution in [0.25, 0.3) is 0 Å². The monoisotopic (exact) mass is 326 g/mol. The van der Waals surface area contributed by atoms with Gasteiger partial charge in [-0.3, -0.25) is 4.79 Å². The first kappa shape index (κ1) is 18.0. The Balaban J connectivity index is 1.81. The summed E-state index contributed by atoms with van der Waals surface area (Å²) in [4.78, 5) is 25.2. The number of hydrogen-bond acceptors (Lipinski definition) is 3. The number of aliphatic hydroxyl groups excluding tert-OH is 1. The van der Waals surface area contributed by atoms with Gasteiger partial charge in [0.15, 0.2) is 0 Å². The van der Waals surface area contributed by atoms with E-state index in [4.69, 9.17) is 5.11 Å². The number of carbonyl (C=O) groups excluding carboxylic acids is 1. The molecule has 1 saturated heterocycles. The van der Waals surface area contributed by atoms with Crippen molar-refractivity contribution in [2.24, 2.45) is 17.3 Å². The van der Waals surface area contributed by atoms with Crippen LogP contribution in [0.4, 0.5) is 4.79 Å². The number of amides is 2. The van der Waals surface area contributed by atoms with E-state index < -0.39 is 11.4 Å². The van der Waals surface area contributed by atoms with Crippen molar-refractivity contribution in [3.05, 3.63) is 0 Å². The molecule has 0 spiro atoms. The molecule has 6 heteroatoms. The van der Waals surface area contributed by atoms with Gasteiger partial charge in [-0.2, -0.15) is 0 Å². The third-order valence-electron chi connectivity index (χ3n) is 5.52. The standard InChI is InChI=1S/C17H30N2O4/c1-17(2,15(21)22)8-9-18-16(23)19-10-7-14(20)13(11-19)12-5-3-4-6-12/h12-14,20H,3-11H2,1-2H3,(H,18,23)(H,21,22)/t13-,14+/m0/s1. The minimum Gasteiger partial charge on any atom is -0.481 e. The highest BCUT2D eigenvalue weighted by atomic mass is 16.4. The van der Waals surface area contributed by atoms with Gasteiger partial charge in [-0.25, -0.2) is 4.79 Å². The van der Waals surface area contributed by atoms with E-state index >= 15 is 0 Å². The Bertz CT molecular complexity index is 432. The molecule has 1 saturated carbocycles. The molecule has 1 heterocycles. The molecule has 23 heavy (non-hydrogen) atoms. The van der Waals surface area contributed by atoms with Gasteiger partial charge in [-0.1, -0.05) is 25.7 Å². The predicted octanol–water partition coefficient (Wildman–Crippen LogP) is 2.07. The smallest absolute Gasteiger partial charge is 0.317 e. The maximum absolute atomic E-state index is 12.3. The van der Waals surface area contributed by atoms with Crippen LogP contribution in [0.3, 0.4) is 0 Å². The maximum atomic E-state index is 12.3. The first-order valence-electron chi connectivity index (χ1n) is 8.75. The SMILES string of the molecule is CC(C)(CCNC(=O)N1CC[C@@H](O)[C@H](C2CCCC2)C1)C(=O)O. The van der Waals surface area contributed by atoms with E-state index in [1.807, 2.05) is 0 Å². The molecular weight excluding hydrogens is 296 g/mol. The lowest BCUT2D eigenvalue weighted by Gasteiger charge is -2.39. The van der Waals surface area contributed by atoms with E-state index in [1.54, 1.807) is 18.7 Å². The number of aliphatic hydroxyl groups is 1. The number of carbonyl (C=O) groups is 2. The summed E-state index contributed by atoms with van der Waals surface area (Å²) in [5.41, 5.74) is -0.836. The van der Waals surface area contributed by atoms with Gasteiger partial charge in [-0.05, 0) is 32.6 Å². The van der Waals surface area contributed by atoms with Crippen LogP contribution in [-0.4, -0.2) is 52.9 Å². The topological polar surface area (TPSA) is 89.9 Å². The fourth-order valence-corrected chi connectivity index (χ4v) is 3.70. The normalized spacial score (nSPS) is 26.3. The maximum Gasteiger partial charge on any atom is 0.317 e. The summed E-state index contributed by atoms with van der Waals surface area (Å²) in [5.74, 6) is -0.131. The molecule has 2 fully saturated rings. The molecule has 2 amide bonds. The Kier molecular flexibility index (Phi) is 5.89. The van der Waals surface area contributed by atoms with Crippen molar-refractivity contribution in [3.63, 3.8) is 0 Å². The van der Waals surface area contributed by atoms with Gasteiger partial charge in [0.2, 0.25) is 0 Å². The summed E-state index contributed by atoms with van der Waals surface area (Å²) < 4.78 is 0. The molecular formula is C17H30N2O4. The minimum absolute atomic E-state index is 0.138. The number of urea groups is 1. The highest BCUT2D eigenvalue weighted by Crippen LogP contribution is 2.36. The van der Waals surface area contributed by atoms with E-state index in [2.05, 4.69) is 5.32 Å². The van der Waals surface area contributed by atoms with Crippen LogP contribution in [0, 0.1) is 17.3 Å². The van der Waals surface area contributed by atoms with Crippen molar-refractivity contribution in [2.75, 3.05) is 19.6 Å². The Morgan fingerprint density at radius 2 is 1.87 bits per heavy atom. The molecule has 0 aromatic carbocycles. The van der Waals surface area contributed by atoms with Gasteiger partial charge in [0.1, 0.15) is 0 Å². The van der Waals surface area contributed by atoms with Crippen molar-refractivity contribution in [2.45, 2.75) is 58.5 Å². The van der Waals surface area contributed by atoms with Gasteiger partial charge in [0.05, 0.1) is 11.5 Å². The highest BCUT2D eigenvalue weighted by molar-refractivity contribution is 5.75. The average molecular weight is 326 g/mol. The molecule has 0 aromatic heterocycles. The minimum atomic E-state index is -0.853. The first-order chi connectivity index (χ1) is 10.8. The van der Waals surface area contributed by atoms with Gasteiger partial charge in [0, 0.05) is 25.6 Å². The summed E-state index contributed by atoms with van der Waals surface area (Å²) >= 11 is 0. The number of aliphatic carboxylic acids is 1. The molecule has 0 unspecified atom stereocenters. The van der Waals surface area contributed by atoms with Crippen LogP contribution >= 0.6 is 0 Å². The molecule has 6 nitrogen and oxygen atoms in total. The largest absolute Gasteiger partial charge is 0.481 e. The summed E-state index contributed by atoms with van der Waals surface area (Å²) in [6.45, 7) is 4.85. The summed E-state index contributed by atoms with van der Waals surface area (Å²) in [5, 5.41) is 22.2. The molecule has 0 bridgehead atoms. The van der Waals surface area contributed by atoms with Crippen LogP contribution in [0.15, 0.2) is 0 Å². The number of rotatable bonds is 5. The molecule has 2 rings (SSSR count). The lowest BCUT2D eigenvalue weighted by atomic mass is 9.82. The van der Waals surface area contributed by atoms with Crippen LogP contribution in [0.2, 0.25) is 0 Å². The molecule has 3 N–H and O–H groups in total. The van der Waals surface area contributed by atoms with E-state index in [9.17, 15) is 14.7 Å². The van der Waals surface area contributed by atoms with Crippen LogP contribution in [-0.2, 0) is 4.79 Å². The van der Waals surface area contributed by atoms with Gasteiger partial charge < -0.3 is 20.4 Å². The molecule has 132 valence electrons. The number of nitrogens with one attached hydrogen (secondary N) is 1. The zero-order chi connectivity index (χ0) is 17.0. The summed E-state index contributed by atoms with van der Waals surface area (Å²) in [7, 11) is 0. The fraction of sp³-hybridized carbons (Fsp3) is 0.882. The molecule has 1 aliphatic heterocycles. The van der Waals surface area contributed by atoms with Crippen LogP contribution < -0.4 is 5.32 Å². The van der Waals surface area contributed by atoms with Gasteiger partial charge >= 0.3 is 12.0 Å². The average Bonchev–Trinajstić information content (AvgIpc) is 3.01. The van der Waals surface area contributed by atoms with Crippen LogP contribution in [0.5, 0.6) is 0 Å². The van der Waals surface area contributed by atoms with Gasteiger partial charge in [-0.15, -0.1) is 0 Å². The molecule has 2 aliphatic rings. The third-order valence-corrected chi connectivity index (χ3v) is 5.52. The number of carboxylic acid groups (broad SMARTS) is 1. The van der Waals surface area contributed by atoms with Crippen molar-refractivity contribution in [1.82, 2.24) is 10.2 Å². The predicted molar refractivity (Wildman–Crippen MR) is 87.1 cm³/mol. The lowest BCUT2D eigenvalue weighted by Crippen LogP contribution is -2.51. The zero-order valence-corrected chi connectivity index (χ0v) is 14.3. The molecule has 1 aliphatic carbocycles. The summed E-state index contributed by atoms with van der Waals surface area (Å²) in [6.07, 6.45) is 5.50. The molecule has 0 aromatic rings. The number of carboxylic acids is 1. The van der Waals surface area contributed by atoms with Crippen molar-refractivity contribution < 1.29 is 19.8 Å². The Hall–Kier alpha value is -1.30. The second-order valence-electron chi connectivity index (χ2n) is 7.68. The van der Waals surface area contributed by atoms with Crippen LogP contribution in [0.1, 0.15) is 52.4 Å². The van der Waals surface area contributed by atoms with Gasteiger partial charge in [0.25, 0.3) is 0 Å². The Morgan fingerprint density at radius 1 is 1.22 bits per heavy atom. The second-order valence-corrected chi connectivity index (χ2v) is 7.68. The van der Waals surface area contributed by atoms with E-state index in [-0.39, 0.29) is 18.1 Å². The number of nitrogens with zero attached hydrogens (tertiary/aromatic N) is 1. The van der Waals surface area contributed by atoms with Crippen molar-refractivity contribution in [3.8, 4) is 0 Å². The summed E-state index contributed by atoms with van der Waals surface area (Å²) in [6, 6.07) is -0.138. The molecule has 0 radical (unpaired) electrons. The third kappa shape index (κ3) is 4.59. The Labute approximate surface area is 138 Å². The number of hydrogen-bond donors (Lipinski definition) is 3. The first-order valence-corrected chi connectivity index (χ1v) is 8.75. The van der Waals surface area contributed by atoms with Crippen molar-refractivity contribution >= 4 is 12.0 Å². The fourth-order valence-electron chi connectivity index (χ4n) is 3.70. The van der Waals surface area contributed by atoms with E-state index in [0.29, 0.717) is 38.4 Å². The molecule has 2 atom stereocenters. The van der Waals surface area contributed by atoms with E-state index in [1.165, 1.54) is 12.8 Å². The second kappa shape index (κ2) is 7.51. The zero-order valence-electron chi connectivity index (χ0n) is 14.3. The number of likely N-dealkylation sites (tertiary alicyclic amines) is 1. The van der Waals surface area contributed by atoms with Crippen molar-refractivity contribution in [1.29, 1.82) is 0 Å². The quantitative estimate of drug-likeness (QED) is 0.721. The van der Waals surface area contributed by atoms with E-state index in [0.717, 1.165) is 12.8 Å².